The van der Waals surface area contributed by atoms with Crippen LogP contribution >= 0.6 is 11.6 Å². The topological polar surface area (TPSA) is 76.1 Å². The van der Waals surface area contributed by atoms with Gasteiger partial charge in [0, 0.05) is 11.4 Å². The lowest BCUT2D eigenvalue weighted by Crippen LogP contribution is -2.43. The lowest BCUT2D eigenvalue weighted by atomic mass is 10.1. The van der Waals surface area contributed by atoms with Gasteiger partial charge in [0.1, 0.15) is 23.5 Å². The van der Waals surface area contributed by atoms with Crippen molar-refractivity contribution >= 4 is 23.7 Å². The number of aliphatic carboxylic acids is 1. The van der Waals surface area contributed by atoms with E-state index in [0.29, 0.717) is 10.8 Å². The van der Waals surface area contributed by atoms with Crippen LogP contribution in [0.5, 0.6) is 5.75 Å². The number of likely N-dealkylation sites (tertiary alicyclic amines) is 1. The zero-order chi connectivity index (χ0) is 18.8. The summed E-state index contributed by atoms with van der Waals surface area (Å²) in [5.41, 5.74) is 0.250. The highest BCUT2D eigenvalue weighted by Crippen LogP contribution is 2.29. The number of carbonyl (C=O) groups is 2. The van der Waals surface area contributed by atoms with Crippen LogP contribution in [0.2, 0.25) is 5.02 Å². The van der Waals surface area contributed by atoms with Crippen molar-refractivity contribution in [2.24, 2.45) is 0 Å². The number of halogens is 1. The number of nitrogens with zero attached hydrogens (tertiary/aromatic N) is 1. The largest absolute Gasteiger partial charge is 0.488 e. The van der Waals surface area contributed by atoms with Crippen molar-refractivity contribution in [3.8, 4) is 5.75 Å². The molecule has 2 rings (SSSR count). The molecule has 1 heterocycles. The molecule has 1 saturated heterocycles. The second kappa shape index (κ2) is 7.52. The molecule has 0 bridgehead atoms. The first-order chi connectivity index (χ1) is 11.6. The zero-order valence-corrected chi connectivity index (χ0v) is 15.7. The van der Waals surface area contributed by atoms with Crippen LogP contribution in [0.25, 0.3) is 0 Å². The molecule has 0 spiro atoms. The van der Waals surface area contributed by atoms with E-state index in [-0.39, 0.29) is 13.0 Å². The summed E-state index contributed by atoms with van der Waals surface area (Å²) in [7, 11) is 0. The number of aryl methyl sites for hydroxylation is 1. The minimum absolute atomic E-state index is 0.164. The highest BCUT2D eigenvalue weighted by Gasteiger charge is 2.42. The molecular weight excluding hydrogens is 346 g/mol. The van der Waals surface area contributed by atoms with Gasteiger partial charge >= 0.3 is 12.1 Å². The maximum Gasteiger partial charge on any atom is 0.411 e. The molecule has 1 aliphatic rings. The summed E-state index contributed by atoms with van der Waals surface area (Å²) in [5.74, 6) is -0.407. The van der Waals surface area contributed by atoms with Crippen LogP contribution in [0, 0.1) is 0 Å². The molecule has 1 fully saturated rings. The third kappa shape index (κ3) is 5.01. The summed E-state index contributed by atoms with van der Waals surface area (Å²) in [6.45, 7) is 7.38. The van der Waals surface area contributed by atoms with Crippen LogP contribution in [0.3, 0.4) is 0 Å². The van der Waals surface area contributed by atoms with Gasteiger partial charge in [-0.05, 0) is 51.0 Å². The monoisotopic (exact) mass is 369 g/mol. The van der Waals surface area contributed by atoms with Crippen molar-refractivity contribution in [2.45, 2.75) is 58.3 Å². The minimum Gasteiger partial charge on any atom is -0.488 e. The van der Waals surface area contributed by atoms with E-state index in [4.69, 9.17) is 21.1 Å². The van der Waals surface area contributed by atoms with E-state index in [1.165, 1.54) is 4.90 Å². The summed E-state index contributed by atoms with van der Waals surface area (Å²) >= 11 is 6.00. The molecule has 1 N–H and O–H groups in total. The van der Waals surface area contributed by atoms with Gasteiger partial charge < -0.3 is 14.6 Å². The van der Waals surface area contributed by atoms with Crippen LogP contribution in [0.4, 0.5) is 4.79 Å². The predicted octanol–water partition coefficient (Wildman–Crippen LogP) is 3.74. The Kier molecular flexibility index (Phi) is 5.83. The van der Waals surface area contributed by atoms with Gasteiger partial charge in [-0.3, -0.25) is 4.90 Å². The van der Waals surface area contributed by atoms with Gasteiger partial charge in [-0.25, -0.2) is 9.59 Å². The Morgan fingerprint density at radius 2 is 2.04 bits per heavy atom. The van der Waals surface area contributed by atoms with Gasteiger partial charge in [-0.2, -0.15) is 0 Å². The Balaban J connectivity index is 2.14. The molecule has 7 heteroatoms. The van der Waals surface area contributed by atoms with Crippen molar-refractivity contribution in [3.05, 3.63) is 28.8 Å². The molecule has 1 aromatic rings. The first-order valence-corrected chi connectivity index (χ1v) is 8.66. The molecule has 1 amide bonds. The number of hydrogen-bond donors (Lipinski definition) is 1. The highest BCUT2D eigenvalue weighted by molar-refractivity contribution is 6.30. The summed E-state index contributed by atoms with van der Waals surface area (Å²) in [4.78, 5) is 25.1. The second-order valence-electron chi connectivity index (χ2n) is 7.07. The molecule has 2 unspecified atom stereocenters. The van der Waals surface area contributed by atoms with Crippen LogP contribution in [-0.4, -0.2) is 46.4 Å². The predicted molar refractivity (Wildman–Crippen MR) is 94.2 cm³/mol. The molecule has 2 atom stereocenters. The number of carboxylic acid groups (broad SMARTS) is 1. The number of carbonyl (C=O) groups excluding carboxylic acids is 1. The minimum atomic E-state index is -1.07. The Morgan fingerprint density at radius 1 is 1.36 bits per heavy atom. The SMILES string of the molecule is CCc1cc(Cl)ccc1OC1CC(C(=O)O)N(C(=O)OC(C)(C)C)C1. The molecule has 0 aromatic heterocycles. The average molecular weight is 370 g/mol. The van der Waals surface area contributed by atoms with Crippen molar-refractivity contribution in [3.63, 3.8) is 0 Å². The van der Waals surface area contributed by atoms with Crippen LogP contribution in [-0.2, 0) is 16.0 Å². The molecule has 0 radical (unpaired) electrons. The van der Waals surface area contributed by atoms with Crippen molar-refractivity contribution in [1.29, 1.82) is 0 Å². The molecule has 0 aliphatic carbocycles. The number of ether oxygens (including phenoxy) is 2. The Morgan fingerprint density at radius 3 is 2.60 bits per heavy atom. The Hall–Kier alpha value is -1.95. The molecule has 6 nitrogen and oxygen atoms in total. The highest BCUT2D eigenvalue weighted by atomic mass is 35.5. The number of benzene rings is 1. The lowest BCUT2D eigenvalue weighted by molar-refractivity contribution is -0.142. The van der Waals surface area contributed by atoms with E-state index in [1.54, 1.807) is 32.9 Å². The van der Waals surface area contributed by atoms with Gasteiger partial charge in [0.15, 0.2) is 0 Å². The summed E-state index contributed by atoms with van der Waals surface area (Å²) in [6.07, 6.45) is -0.112. The average Bonchev–Trinajstić information content (AvgIpc) is 2.91. The van der Waals surface area contributed by atoms with Gasteiger partial charge in [-0.1, -0.05) is 18.5 Å². The smallest absolute Gasteiger partial charge is 0.411 e. The quantitative estimate of drug-likeness (QED) is 0.874. The van der Waals surface area contributed by atoms with Crippen molar-refractivity contribution in [2.75, 3.05) is 6.54 Å². The molecule has 138 valence electrons. The number of amides is 1. The van der Waals surface area contributed by atoms with Gasteiger partial charge in [0.25, 0.3) is 0 Å². The van der Waals surface area contributed by atoms with Gasteiger partial charge in [0.05, 0.1) is 6.54 Å². The maximum absolute atomic E-state index is 12.3. The summed E-state index contributed by atoms with van der Waals surface area (Å²) in [5, 5.41) is 10.0. The van der Waals surface area contributed by atoms with Crippen molar-refractivity contribution in [1.82, 2.24) is 4.90 Å². The third-order valence-electron chi connectivity index (χ3n) is 3.87. The van der Waals surface area contributed by atoms with Crippen LogP contribution in [0.1, 0.15) is 39.7 Å². The van der Waals surface area contributed by atoms with E-state index in [9.17, 15) is 14.7 Å². The first-order valence-electron chi connectivity index (χ1n) is 8.28. The van der Waals surface area contributed by atoms with E-state index >= 15 is 0 Å². The summed E-state index contributed by atoms with van der Waals surface area (Å²) in [6, 6.07) is 4.36. The van der Waals surface area contributed by atoms with E-state index in [1.807, 2.05) is 13.0 Å². The molecule has 25 heavy (non-hydrogen) atoms. The Labute approximate surface area is 152 Å². The molecular formula is C18H24ClNO5. The van der Waals surface area contributed by atoms with Crippen LogP contribution in [0.15, 0.2) is 18.2 Å². The lowest BCUT2D eigenvalue weighted by Gasteiger charge is -2.26. The maximum atomic E-state index is 12.3. The normalized spacial score (nSPS) is 20.4. The number of carboxylic acids is 1. The van der Waals surface area contributed by atoms with Gasteiger partial charge in [-0.15, -0.1) is 0 Å². The summed E-state index contributed by atoms with van der Waals surface area (Å²) < 4.78 is 11.3. The fourth-order valence-electron chi connectivity index (χ4n) is 2.76. The number of rotatable bonds is 4. The van der Waals surface area contributed by atoms with E-state index in [2.05, 4.69) is 0 Å². The molecule has 1 aliphatic heterocycles. The third-order valence-corrected chi connectivity index (χ3v) is 4.11. The standard InChI is InChI=1S/C18H24ClNO5/c1-5-11-8-12(19)6-7-15(11)24-13-9-14(16(21)22)20(10-13)17(23)25-18(2,3)4/h6-8,13-14H,5,9-10H2,1-4H3,(H,21,22). The Bertz CT molecular complexity index is 655. The fraction of sp³-hybridized carbons (Fsp3) is 0.556. The first kappa shape index (κ1) is 19.4. The molecule has 0 saturated carbocycles. The van der Waals surface area contributed by atoms with Crippen molar-refractivity contribution < 1.29 is 24.2 Å². The van der Waals surface area contributed by atoms with Crippen LogP contribution < -0.4 is 4.74 Å². The number of hydrogen-bond acceptors (Lipinski definition) is 4. The fourth-order valence-corrected chi connectivity index (χ4v) is 2.95. The van der Waals surface area contributed by atoms with Gasteiger partial charge in [0.2, 0.25) is 0 Å². The zero-order valence-electron chi connectivity index (χ0n) is 14.9. The van der Waals surface area contributed by atoms with E-state index in [0.717, 1.165) is 12.0 Å². The second-order valence-corrected chi connectivity index (χ2v) is 7.50. The molecule has 1 aromatic carbocycles. The van der Waals surface area contributed by atoms with E-state index < -0.39 is 29.8 Å².